The number of hydrogen-bond donors (Lipinski definition) is 4. The third-order valence-electron chi connectivity index (χ3n) is 6.43. The van der Waals surface area contributed by atoms with Crippen LogP contribution < -0.4 is 16.4 Å². The number of nitrogens with two attached hydrogens (primary N) is 1. The Morgan fingerprint density at radius 1 is 1.18 bits per heavy atom. The smallest absolute Gasteiger partial charge is 0.251 e. The molecule has 0 aliphatic carbocycles. The van der Waals surface area contributed by atoms with Crippen molar-refractivity contribution in [2.45, 2.75) is 33.4 Å². The Balaban J connectivity index is 1.50. The van der Waals surface area contributed by atoms with Gasteiger partial charge in [-0.15, -0.1) is 0 Å². The molecule has 0 spiro atoms. The zero-order valence-corrected chi connectivity index (χ0v) is 22.2. The van der Waals surface area contributed by atoms with Gasteiger partial charge in [-0.3, -0.25) is 4.79 Å². The van der Waals surface area contributed by atoms with Crippen molar-refractivity contribution in [1.82, 2.24) is 29.9 Å². The summed E-state index contributed by atoms with van der Waals surface area (Å²) in [6, 6.07) is 15.9. The number of nitrogens with zero attached hydrogens (tertiary/aromatic N) is 6. The second-order valence-corrected chi connectivity index (χ2v) is 9.51. The largest absolute Gasteiger partial charge is 0.508 e. The number of phenols is 1. The number of carbonyl (C=O) groups excluding carboxylic acids is 1. The number of phenolic OH excluding ortho intramolecular Hbond substituents is 1. The van der Waals surface area contributed by atoms with Crippen LogP contribution in [0.4, 0.5) is 11.6 Å². The summed E-state index contributed by atoms with van der Waals surface area (Å²) in [5.74, 6) is 0.728. The minimum absolute atomic E-state index is 0.0833. The van der Waals surface area contributed by atoms with E-state index in [1.54, 1.807) is 28.8 Å². The van der Waals surface area contributed by atoms with Crippen molar-refractivity contribution in [3.63, 3.8) is 0 Å². The molecule has 0 saturated heterocycles. The van der Waals surface area contributed by atoms with Crippen LogP contribution in [0.2, 0.25) is 0 Å². The Labute approximate surface area is 230 Å². The number of nitrogen functional groups attached to an aromatic ring is 1. The number of nitriles is 1. The van der Waals surface area contributed by atoms with Crippen LogP contribution >= 0.6 is 0 Å². The molecule has 11 heteroatoms. The summed E-state index contributed by atoms with van der Waals surface area (Å²) in [6.45, 7) is 6.03. The minimum Gasteiger partial charge on any atom is -0.508 e. The molecule has 0 saturated carbocycles. The second-order valence-electron chi connectivity index (χ2n) is 9.51. The maximum Gasteiger partial charge on any atom is 0.251 e. The number of nitrogens with one attached hydrogen (secondary N) is 2. The normalized spacial score (nSPS) is 11.7. The maximum atomic E-state index is 13.1. The summed E-state index contributed by atoms with van der Waals surface area (Å²) in [6.07, 6.45) is 3.14. The number of fused-ring (bicyclic) bond motifs is 1. The third kappa shape index (κ3) is 5.23. The molecule has 200 valence electrons. The van der Waals surface area contributed by atoms with E-state index in [1.807, 2.05) is 57.3 Å². The van der Waals surface area contributed by atoms with E-state index in [1.165, 1.54) is 6.33 Å². The van der Waals surface area contributed by atoms with Crippen LogP contribution in [0.15, 0.2) is 61.1 Å². The van der Waals surface area contributed by atoms with Crippen molar-refractivity contribution in [2.24, 2.45) is 0 Å². The molecule has 5 N–H and O–H groups in total. The molecule has 5 aromatic rings. The molecule has 0 aliphatic heterocycles. The number of amides is 1. The first-order chi connectivity index (χ1) is 19.2. The van der Waals surface area contributed by atoms with Crippen molar-refractivity contribution in [3.05, 3.63) is 94.7 Å². The van der Waals surface area contributed by atoms with Crippen LogP contribution in [0.1, 0.15) is 51.4 Å². The quantitative estimate of drug-likeness (QED) is 0.241. The zero-order chi connectivity index (χ0) is 28.4. The second kappa shape index (κ2) is 10.7. The summed E-state index contributed by atoms with van der Waals surface area (Å²) in [4.78, 5) is 26.1. The first-order valence-electron chi connectivity index (χ1n) is 12.5. The van der Waals surface area contributed by atoms with E-state index in [-0.39, 0.29) is 35.4 Å². The van der Waals surface area contributed by atoms with Crippen LogP contribution in [-0.2, 0) is 6.54 Å². The summed E-state index contributed by atoms with van der Waals surface area (Å²) < 4.78 is 1.76. The lowest BCUT2D eigenvalue weighted by Crippen LogP contribution is -2.23. The van der Waals surface area contributed by atoms with Gasteiger partial charge in [0.2, 0.25) is 0 Å². The van der Waals surface area contributed by atoms with Crippen molar-refractivity contribution in [2.75, 3.05) is 11.1 Å². The monoisotopic (exact) mass is 533 g/mol. The highest BCUT2D eigenvalue weighted by Crippen LogP contribution is 2.29. The Hall–Kier alpha value is -5.50. The van der Waals surface area contributed by atoms with Crippen LogP contribution in [0, 0.1) is 25.2 Å². The van der Waals surface area contributed by atoms with Gasteiger partial charge >= 0.3 is 0 Å². The summed E-state index contributed by atoms with van der Waals surface area (Å²) in [5, 5.41) is 30.0. The minimum atomic E-state index is -0.442. The molecule has 0 unspecified atom stereocenters. The van der Waals surface area contributed by atoms with Crippen molar-refractivity contribution < 1.29 is 9.90 Å². The zero-order valence-electron chi connectivity index (χ0n) is 22.2. The number of hydrogen-bond acceptors (Lipinski definition) is 9. The number of anilines is 2. The van der Waals surface area contributed by atoms with Gasteiger partial charge in [-0.05, 0) is 73.9 Å². The standard InChI is InChI=1S/C29H27N9O2/c1-16-9-20(12-21(10-16)29(40)32-14-19-5-4-6-22(39)11-19)24-25-17(2)7-8-38(25)37-27(36-24)18(3)35-28-23(13-30)26(31)33-15-34-28/h4-12,15,18,39H,14H2,1-3H3,(H,32,40)(H3,31,33,34,35)/t18-/m0/s1. The number of aromatic hydroxyl groups is 1. The molecular weight excluding hydrogens is 506 g/mol. The van der Waals surface area contributed by atoms with Crippen molar-refractivity contribution in [1.29, 1.82) is 5.26 Å². The van der Waals surface area contributed by atoms with E-state index < -0.39 is 6.04 Å². The van der Waals surface area contributed by atoms with E-state index >= 15 is 0 Å². The number of rotatable bonds is 7. The fourth-order valence-electron chi connectivity index (χ4n) is 4.47. The predicted molar refractivity (Wildman–Crippen MR) is 150 cm³/mol. The number of aromatic nitrogens is 5. The summed E-state index contributed by atoms with van der Waals surface area (Å²) in [7, 11) is 0. The first kappa shape index (κ1) is 26.1. The third-order valence-corrected chi connectivity index (χ3v) is 6.43. The van der Waals surface area contributed by atoms with E-state index in [0.29, 0.717) is 17.1 Å². The average molecular weight is 534 g/mol. The van der Waals surface area contributed by atoms with Crippen molar-refractivity contribution >= 4 is 23.1 Å². The molecule has 1 amide bonds. The van der Waals surface area contributed by atoms with Gasteiger partial charge in [0, 0.05) is 23.9 Å². The lowest BCUT2D eigenvalue weighted by atomic mass is 10.0. The summed E-state index contributed by atoms with van der Waals surface area (Å²) in [5.41, 5.74) is 11.4. The molecule has 0 bridgehead atoms. The van der Waals surface area contributed by atoms with Crippen LogP contribution in [0.3, 0.4) is 0 Å². The fourth-order valence-corrected chi connectivity index (χ4v) is 4.47. The average Bonchev–Trinajstić information content (AvgIpc) is 3.31. The molecule has 3 heterocycles. The molecule has 0 fully saturated rings. The van der Waals surface area contributed by atoms with E-state index in [2.05, 4.69) is 20.6 Å². The molecule has 2 aromatic carbocycles. The molecule has 1 atom stereocenters. The number of benzene rings is 2. The number of carbonyl (C=O) groups is 1. The molecule has 5 rings (SSSR count). The van der Waals surface area contributed by atoms with Gasteiger partial charge in [0.05, 0.1) is 17.3 Å². The lowest BCUT2D eigenvalue weighted by Gasteiger charge is -2.17. The SMILES string of the molecule is Cc1cc(C(=O)NCc2cccc(O)c2)cc(-c2nc([C@H](C)Nc3ncnc(N)c3C#N)nn3ccc(C)c23)c1. The van der Waals surface area contributed by atoms with Gasteiger partial charge in [-0.2, -0.15) is 10.4 Å². The van der Waals surface area contributed by atoms with Crippen LogP contribution in [0.5, 0.6) is 5.75 Å². The van der Waals surface area contributed by atoms with Crippen molar-refractivity contribution in [3.8, 4) is 23.1 Å². The Bertz CT molecular complexity index is 1790. The van der Waals surface area contributed by atoms with E-state index in [4.69, 9.17) is 15.8 Å². The number of aryl methyl sites for hydroxylation is 2. The molecule has 0 aliphatic rings. The molecule has 0 radical (unpaired) electrons. The van der Waals surface area contributed by atoms with Gasteiger partial charge < -0.3 is 21.5 Å². The highest BCUT2D eigenvalue weighted by atomic mass is 16.3. The van der Waals surface area contributed by atoms with E-state index in [0.717, 1.165) is 27.8 Å². The molecular formula is C29H27N9O2. The molecule has 40 heavy (non-hydrogen) atoms. The predicted octanol–water partition coefficient (Wildman–Crippen LogP) is 4.07. The summed E-state index contributed by atoms with van der Waals surface area (Å²) >= 11 is 0. The maximum absolute atomic E-state index is 13.1. The highest BCUT2D eigenvalue weighted by molar-refractivity contribution is 5.96. The van der Waals surface area contributed by atoms with Gasteiger partial charge in [0.25, 0.3) is 5.91 Å². The van der Waals surface area contributed by atoms with Gasteiger partial charge in [-0.25, -0.2) is 19.5 Å². The van der Waals surface area contributed by atoms with Gasteiger partial charge in [0.1, 0.15) is 35.3 Å². The highest BCUT2D eigenvalue weighted by Gasteiger charge is 2.20. The molecule has 3 aromatic heterocycles. The van der Waals surface area contributed by atoms with Crippen LogP contribution in [0.25, 0.3) is 16.8 Å². The van der Waals surface area contributed by atoms with E-state index in [9.17, 15) is 15.2 Å². The van der Waals surface area contributed by atoms with Crippen LogP contribution in [-0.4, -0.2) is 35.6 Å². The van der Waals surface area contributed by atoms with Gasteiger partial charge in [0.15, 0.2) is 5.82 Å². The topological polar surface area (TPSA) is 167 Å². The Morgan fingerprint density at radius 3 is 2.77 bits per heavy atom. The van der Waals surface area contributed by atoms with Gasteiger partial charge in [-0.1, -0.05) is 12.1 Å². The Kier molecular flexibility index (Phi) is 6.99. The lowest BCUT2D eigenvalue weighted by molar-refractivity contribution is 0.0950. The molecule has 11 nitrogen and oxygen atoms in total. The first-order valence-corrected chi connectivity index (χ1v) is 12.5. The Morgan fingerprint density at radius 2 is 2.00 bits per heavy atom. The fraction of sp³-hybridized carbons (Fsp3) is 0.172.